The monoisotopic (exact) mass is 427 g/mol. The van der Waals surface area contributed by atoms with Gasteiger partial charge in [0.2, 0.25) is 5.88 Å². The Balaban J connectivity index is 1.84. The lowest BCUT2D eigenvalue weighted by Crippen LogP contribution is -2.06. The summed E-state index contributed by atoms with van der Waals surface area (Å²) in [5.41, 5.74) is 4.92. The Bertz CT molecular complexity index is 1260. The normalized spacial score (nSPS) is 11.6. The lowest BCUT2D eigenvalue weighted by atomic mass is 10.1. The van der Waals surface area contributed by atoms with E-state index >= 15 is 0 Å². The number of hydrogen-bond donors (Lipinski definition) is 1. The second-order valence-electron chi connectivity index (χ2n) is 7.34. The van der Waals surface area contributed by atoms with Crippen molar-refractivity contribution >= 4 is 10.9 Å². The van der Waals surface area contributed by atoms with Gasteiger partial charge in [-0.05, 0) is 45.4 Å². The molecular weight excluding hydrogens is 404 g/mol. The molecule has 0 unspecified atom stereocenters. The van der Waals surface area contributed by atoms with Crippen molar-refractivity contribution in [1.29, 1.82) is 0 Å². The minimum atomic E-state index is -2.51. The first kappa shape index (κ1) is 20.8. The van der Waals surface area contributed by atoms with E-state index in [1.54, 1.807) is 10.8 Å². The molecule has 0 aliphatic carbocycles. The van der Waals surface area contributed by atoms with Crippen molar-refractivity contribution in [2.75, 3.05) is 6.61 Å². The average Bonchev–Trinajstić information content (AvgIpc) is 3.25. The van der Waals surface area contributed by atoms with Crippen LogP contribution in [0.1, 0.15) is 23.9 Å². The van der Waals surface area contributed by atoms with Crippen LogP contribution in [0.15, 0.2) is 30.7 Å². The predicted octanol–water partition coefficient (Wildman–Crippen LogP) is 4.58. The van der Waals surface area contributed by atoms with Crippen LogP contribution < -0.4 is 4.74 Å². The Labute approximate surface area is 177 Å². The number of fused-ring (bicyclic) bond motifs is 1. The molecule has 9 heteroatoms. The fourth-order valence-corrected chi connectivity index (χ4v) is 3.72. The van der Waals surface area contributed by atoms with Crippen molar-refractivity contribution in [3.63, 3.8) is 0 Å². The summed E-state index contributed by atoms with van der Waals surface area (Å²) in [6.45, 7) is 7.53. The number of pyridine rings is 2. The number of nitrogens with zero attached hydrogens (tertiary/aromatic N) is 5. The number of hydrogen-bond acceptors (Lipinski definition) is 5. The Hall–Kier alpha value is -3.49. The van der Waals surface area contributed by atoms with Crippen molar-refractivity contribution < 1.29 is 18.6 Å². The zero-order chi connectivity index (χ0) is 22.3. The molecule has 0 fully saturated rings. The van der Waals surface area contributed by atoms with Gasteiger partial charge in [-0.25, -0.2) is 13.8 Å². The van der Waals surface area contributed by atoms with Gasteiger partial charge in [0.25, 0.3) is 6.43 Å². The van der Waals surface area contributed by atoms with E-state index < -0.39 is 13.0 Å². The molecule has 4 aromatic rings. The summed E-state index contributed by atoms with van der Waals surface area (Å²) in [7, 11) is 0. The molecule has 0 saturated carbocycles. The highest BCUT2D eigenvalue weighted by Crippen LogP contribution is 2.37. The molecule has 7 nitrogen and oxygen atoms in total. The summed E-state index contributed by atoms with van der Waals surface area (Å²) >= 11 is 0. The van der Waals surface area contributed by atoms with Gasteiger partial charge >= 0.3 is 0 Å². The zero-order valence-electron chi connectivity index (χ0n) is 17.7. The van der Waals surface area contributed by atoms with Crippen molar-refractivity contribution in [3.05, 3.63) is 47.7 Å². The van der Waals surface area contributed by atoms with Gasteiger partial charge in [0.1, 0.15) is 12.3 Å². The van der Waals surface area contributed by atoms with Gasteiger partial charge in [0.05, 0.1) is 40.8 Å². The predicted molar refractivity (Wildman–Crippen MR) is 113 cm³/mol. The molecule has 4 rings (SSSR count). The first-order valence-corrected chi connectivity index (χ1v) is 9.92. The van der Waals surface area contributed by atoms with Crippen molar-refractivity contribution in [1.82, 2.24) is 24.3 Å². The maximum absolute atomic E-state index is 12.7. The van der Waals surface area contributed by atoms with Gasteiger partial charge in [0.15, 0.2) is 0 Å². The van der Waals surface area contributed by atoms with Crippen LogP contribution in [0.2, 0.25) is 0 Å². The van der Waals surface area contributed by atoms with E-state index in [1.165, 1.54) is 12.4 Å². The third kappa shape index (κ3) is 3.71. The average molecular weight is 427 g/mol. The topological polar surface area (TPSA) is 78.0 Å². The van der Waals surface area contributed by atoms with Gasteiger partial charge in [-0.15, -0.1) is 0 Å². The van der Waals surface area contributed by atoms with Crippen LogP contribution in [0.3, 0.4) is 0 Å². The molecule has 0 aliphatic rings. The third-order valence-electron chi connectivity index (χ3n) is 5.17. The first-order valence-electron chi connectivity index (χ1n) is 9.92. The highest BCUT2D eigenvalue weighted by molar-refractivity contribution is 5.93. The lowest BCUT2D eigenvalue weighted by Gasteiger charge is -2.09. The number of ether oxygens (including phenoxy) is 1. The van der Waals surface area contributed by atoms with Gasteiger partial charge in [0, 0.05) is 23.7 Å². The van der Waals surface area contributed by atoms with E-state index in [1.807, 2.05) is 39.8 Å². The Kier molecular flexibility index (Phi) is 5.34. The minimum Gasteiger partial charge on any atom is -0.494 e. The highest BCUT2D eigenvalue weighted by atomic mass is 19.3. The third-order valence-corrected chi connectivity index (χ3v) is 5.17. The summed E-state index contributed by atoms with van der Waals surface area (Å²) < 4.78 is 33.7. The quantitative estimate of drug-likeness (QED) is 0.487. The fraction of sp³-hybridized carbons (Fsp3) is 0.318. The lowest BCUT2D eigenvalue weighted by molar-refractivity contribution is 0.122. The Morgan fingerprint density at radius 2 is 1.94 bits per heavy atom. The number of rotatable bonds is 6. The number of aryl methyl sites for hydroxylation is 3. The van der Waals surface area contributed by atoms with Crippen LogP contribution in [0.25, 0.3) is 27.8 Å². The molecule has 0 aliphatic heterocycles. The molecule has 0 bridgehead atoms. The maximum Gasteiger partial charge on any atom is 0.257 e. The van der Waals surface area contributed by atoms with Crippen LogP contribution >= 0.6 is 0 Å². The SMILES string of the molecule is CCOc1cc(-c2cc(C)c3c(O)n(-c4cnn(CC(F)F)c4)c(C)c3n2)cnc1C. The second kappa shape index (κ2) is 7.98. The van der Waals surface area contributed by atoms with Gasteiger partial charge in [-0.1, -0.05) is 0 Å². The number of alkyl halides is 2. The number of aromatic nitrogens is 5. The van der Waals surface area contributed by atoms with Gasteiger partial charge < -0.3 is 9.84 Å². The summed E-state index contributed by atoms with van der Waals surface area (Å²) in [5.74, 6) is 0.695. The Morgan fingerprint density at radius 1 is 1.16 bits per heavy atom. The summed E-state index contributed by atoms with van der Waals surface area (Å²) in [4.78, 5) is 9.19. The molecule has 1 N–H and O–H groups in total. The molecule has 0 aromatic carbocycles. The zero-order valence-corrected chi connectivity index (χ0v) is 17.7. The molecule has 0 radical (unpaired) electrons. The molecule has 0 spiro atoms. The first-order chi connectivity index (χ1) is 14.8. The smallest absolute Gasteiger partial charge is 0.257 e. The minimum absolute atomic E-state index is 0.00214. The Morgan fingerprint density at radius 3 is 2.65 bits per heavy atom. The number of halogens is 2. The van der Waals surface area contributed by atoms with Crippen LogP contribution in [-0.4, -0.2) is 42.5 Å². The van der Waals surface area contributed by atoms with E-state index in [4.69, 9.17) is 9.72 Å². The van der Waals surface area contributed by atoms with Gasteiger partial charge in [-0.2, -0.15) is 5.10 Å². The van der Waals surface area contributed by atoms with Crippen LogP contribution in [-0.2, 0) is 6.54 Å². The largest absolute Gasteiger partial charge is 0.494 e. The van der Waals surface area contributed by atoms with Crippen LogP contribution in [0, 0.1) is 20.8 Å². The van der Waals surface area contributed by atoms with Crippen molar-refractivity contribution in [2.45, 2.75) is 40.7 Å². The highest BCUT2D eigenvalue weighted by Gasteiger charge is 2.21. The van der Waals surface area contributed by atoms with E-state index in [2.05, 4.69) is 10.1 Å². The van der Waals surface area contributed by atoms with E-state index in [9.17, 15) is 13.9 Å². The molecule has 162 valence electrons. The van der Waals surface area contributed by atoms with Crippen molar-refractivity contribution in [3.8, 4) is 28.6 Å². The van der Waals surface area contributed by atoms with Crippen LogP contribution in [0.4, 0.5) is 8.78 Å². The van der Waals surface area contributed by atoms with E-state index in [-0.39, 0.29) is 5.88 Å². The molecular formula is C22H23F2N5O2. The van der Waals surface area contributed by atoms with Gasteiger partial charge in [-0.3, -0.25) is 14.2 Å². The molecule has 0 saturated heterocycles. The molecule has 4 heterocycles. The van der Waals surface area contributed by atoms with E-state index in [0.717, 1.165) is 21.5 Å². The molecule has 4 aromatic heterocycles. The number of aromatic hydroxyl groups is 1. The standard InChI is InChI=1S/C22H23F2N5O2/c1-5-31-18-7-15(8-25-13(18)3)17-6-12(2)20-21(27-17)14(4)29(22(20)30)16-9-26-28(10-16)11-19(23)24/h6-10,19,30H,5,11H2,1-4H3. The van der Waals surface area contributed by atoms with E-state index in [0.29, 0.717) is 40.3 Å². The summed E-state index contributed by atoms with van der Waals surface area (Å²) in [6.07, 6.45) is 2.16. The molecule has 0 amide bonds. The summed E-state index contributed by atoms with van der Waals surface area (Å²) in [6, 6.07) is 3.79. The summed E-state index contributed by atoms with van der Waals surface area (Å²) in [5, 5.41) is 15.5. The fourth-order valence-electron chi connectivity index (χ4n) is 3.72. The molecule has 0 atom stereocenters. The van der Waals surface area contributed by atoms with Crippen LogP contribution in [0.5, 0.6) is 11.6 Å². The maximum atomic E-state index is 12.7. The molecule has 31 heavy (non-hydrogen) atoms. The second-order valence-corrected chi connectivity index (χ2v) is 7.34. The van der Waals surface area contributed by atoms with Crippen molar-refractivity contribution in [2.24, 2.45) is 0 Å².